The Labute approximate surface area is 135 Å². The number of alkyl halides is 3. The van der Waals surface area contributed by atoms with Gasteiger partial charge in [-0.1, -0.05) is 0 Å². The highest BCUT2D eigenvalue weighted by Gasteiger charge is 2.40. The van der Waals surface area contributed by atoms with Gasteiger partial charge in [-0.2, -0.15) is 23.0 Å². The van der Waals surface area contributed by atoms with E-state index in [0.717, 1.165) is 17.1 Å². The molecule has 130 valence electrons. The number of aromatic nitrogens is 3. The van der Waals surface area contributed by atoms with Crippen molar-refractivity contribution in [1.82, 2.24) is 14.8 Å². The Balaban J connectivity index is 2.70. The number of aldehydes is 1. The third kappa shape index (κ3) is 3.25. The van der Waals surface area contributed by atoms with E-state index >= 15 is 0 Å². The number of sulfone groups is 1. The smallest absolute Gasteiger partial charge is 0.362 e. The fourth-order valence-corrected chi connectivity index (χ4v) is 2.61. The highest BCUT2D eigenvalue weighted by molar-refractivity contribution is 7.90. The van der Waals surface area contributed by atoms with Crippen LogP contribution in [0.3, 0.4) is 0 Å². The summed E-state index contributed by atoms with van der Waals surface area (Å²) in [5.41, 5.74) is -1.96. The Kier molecular flexibility index (Phi) is 4.40. The van der Waals surface area contributed by atoms with Crippen LogP contribution < -0.4 is 4.90 Å². The minimum atomic E-state index is -4.82. The summed E-state index contributed by atoms with van der Waals surface area (Å²) < 4.78 is 62.9. The van der Waals surface area contributed by atoms with Crippen molar-refractivity contribution in [2.45, 2.75) is 11.1 Å². The second kappa shape index (κ2) is 5.89. The highest BCUT2D eigenvalue weighted by atomic mass is 32.2. The van der Waals surface area contributed by atoms with Gasteiger partial charge in [0.1, 0.15) is 5.82 Å². The normalized spacial score (nSPS) is 12.2. The molecule has 0 N–H and O–H groups in total. The summed E-state index contributed by atoms with van der Waals surface area (Å²) >= 11 is 0. The van der Waals surface area contributed by atoms with Crippen LogP contribution in [0.1, 0.15) is 16.1 Å². The molecule has 0 saturated heterocycles. The molecule has 0 aromatic carbocycles. The van der Waals surface area contributed by atoms with E-state index in [9.17, 15) is 26.4 Å². The molecule has 2 rings (SSSR count). The molecule has 11 heteroatoms. The van der Waals surface area contributed by atoms with E-state index in [2.05, 4.69) is 10.1 Å². The van der Waals surface area contributed by atoms with E-state index in [1.807, 2.05) is 0 Å². The zero-order valence-corrected chi connectivity index (χ0v) is 13.7. The molecule has 0 saturated carbocycles. The molecule has 0 aliphatic carbocycles. The van der Waals surface area contributed by atoms with Gasteiger partial charge >= 0.3 is 6.18 Å². The second-order valence-electron chi connectivity index (χ2n) is 5.13. The topological polar surface area (TPSA) is 85.2 Å². The molecular weight excluding hydrogens is 349 g/mol. The summed E-state index contributed by atoms with van der Waals surface area (Å²) in [5, 5.41) is 3.44. The van der Waals surface area contributed by atoms with Gasteiger partial charge < -0.3 is 4.90 Å². The average Bonchev–Trinajstić information content (AvgIpc) is 2.86. The van der Waals surface area contributed by atoms with Gasteiger partial charge in [-0.05, 0) is 12.1 Å². The van der Waals surface area contributed by atoms with Crippen LogP contribution in [0.4, 0.5) is 19.0 Å². The molecule has 0 aliphatic heterocycles. The number of pyridine rings is 1. The van der Waals surface area contributed by atoms with Gasteiger partial charge in [-0.3, -0.25) is 4.79 Å². The zero-order valence-electron chi connectivity index (χ0n) is 12.9. The molecule has 0 amide bonds. The third-order valence-electron chi connectivity index (χ3n) is 3.07. The van der Waals surface area contributed by atoms with E-state index in [4.69, 9.17) is 0 Å². The summed E-state index contributed by atoms with van der Waals surface area (Å²) in [6.07, 6.45) is -2.75. The number of carbonyl (C=O) groups is 1. The first-order valence-corrected chi connectivity index (χ1v) is 8.35. The van der Waals surface area contributed by atoms with Gasteiger partial charge in [-0.15, -0.1) is 0 Å². The molecule has 2 heterocycles. The number of rotatable bonds is 4. The predicted molar refractivity (Wildman–Crippen MR) is 79.2 cm³/mol. The summed E-state index contributed by atoms with van der Waals surface area (Å²) in [5.74, 6) is -0.165. The number of hydrogen-bond acceptors (Lipinski definition) is 6. The standard InChI is InChI=1S/C13H13F3N4O3S/c1-19(2)12-9(7-21)11(13(14,15)16)18-20(12)10-5-4-8(6-17-10)24(3,22)23/h4-7H,1-3H3. The maximum Gasteiger partial charge on any atom is 0.435 e. The Bertz CT molecular complexity index is 871. The van der Waals surface area contributed by atoms with Crippen LogP contribution in [0.15, 0.2) is 23.2 Å². The van der Waals surface area contributed by atoms with Gasteiger partial charge in [0.25, 0.3) is 0 Å². The maximum absolute atomic E-state index is 13.1. The third-order valence-corrected chi connectivity index (χ3v) is 4.17. The minimum Gasteiger partial charge on any atom is -0.362 e. The molecule has 0 bridgehead atoms. The summed E-state index contributed by atoms with van der Waals surface area (Å²) in [6.45, 7) is 0. The quantitative estimate of drug-likeness (QED) is 0.768. The Hall–Kier alpha value is -2.43. The number of halogens is 3. The van der Waals surface area contributed by atoms with Crippen molar-refractivity contribution in [2.24, 2.45) is 0 Å². The summed E-state index contributed by atoms with van der Waals surface area (Å²) in [4.78, 5) is 16.2. The zero-order chi connectivity index (χ0) is 18.3. The predicted octanol–water partition coefficient (Wildman–Crippen LogP) is 1.57. The minimum absolute atomic E-state index is 0.0512. The van der Waals surface area contributed by atoms with Gasteiger partial charge in [-0.25, -0.2) is 13.4 Å². The Morgan fingerprint density at radius 2 is 1.88 bits per heavy atom. The lowest BCUT2D eigenvalue weighted by atomic mass is 10.2. The lowest BCUT2D eigenvalue weighted by Crippen LogP contribution is -2.16. The van der Waals surface area contributed by atoms with E-state index in [1.54, 1.807) is 0 Å². The van der Waals surface area contributed by atoms with Crippen LogP contribution in [-0.2, 0) is 16.0 Å². The average molecular weight is 362 g/mol. The fourth-order valence-electron chi connectivity index (χ4n) is 2.05. The van der Waals surface area contributed by atoms with Crippen molar-refractivity contribution < 1.29 is 26.4 Å². The van der Waals surface area contributed by atoms with Gasteiger partial charge in [0.05, 0.1) is 10.5 Å². The molecule has 2 aromatic heterocycles. The van der Waals surface area contributed by atoms with Crippen LogP contribution in [0.25, 0.3) is 5.82 Å². The molecule has 0 unspecified atom stereocenters. The van der Waals surface area contributed by atoms with Crippen molar-refractivity contribution in [3.63, 3.8) is 0 Å². The van der Waals surface area contributed by atoms with Crippen molar-refractivity contribution in [3.05, 3.63) is 29.6 Å². The first-order chi connectivity index (χ1) is 11.0. The highest BCUT2D eigenvalue weighted by Crippen LogP contribution is 2.35. The summed E-state index contributed by atoms with van der Waals surface area (Å²) in [7, 11) is -0.598. The molecule has 0 atom stereocenters. The monoisotopic (exact) mass is 362 g/mol. The van der Waals surface area contributed by atoms with Crippen molar-refractivity contribution in [2.75, 3.05) is 25.3 Å². The van der Waals surface area contributed by atoms with E-state index in [1.165, 1.54) is 31.1 Å². The largest absolute Gasteiger partial charge is 0.435 e. The lowest BCUT2D eigenvalue weighted by Gasteiger charge is -2.15. The maximum atomic E-state index is 13.1. The van der Waals surface area contributed by atoms with Crippen LogP contribution >= 0.6 is 0 Å². The van der Waals surface area contributed by atoms with E-state index in [-0.39, 0.29) is 22.8 Å². The number of hydrogen-bond donors (Lipinski definition) is 0. The molecule has 0 fully saturated rings. The van der Waals surface area contributed by atoms with Gasteiger partial charge in [0, 0.05) is 26.5 Å². The van der Waals surface area contributed by atoms with Crippen LogP contribution in [-0.4, -0.2) is 49.8 Å². The van der Waals surface area contributed by atoms with Crippen molar-refractivity contribution in [1.29, 1.82) is 0 Å². The van der Waals surface area contributed by atoms with Crippen LogP contribution in [0, 0.1) is 0 Å². The molecule has 2 aromatic rings. The van der Waals surface area contributed by atoms with Gasteiger partial charge in [0.2, 0.25) is 0 Å². The first kappa shape index (κ1) is 17.9. The van der Waals surface area contributed by atoms with Crippen molar-refractivity contribution in [3.8, 4) is 5.82 Å². The van der Waals surface area contributed by atoms with Crippen LogP contribution in [0.5, 0.6) is 0 Å². The molecule has 0 spiro atoms. The van der Waals surface area contributed by atoms with Crippen molar-refractivity contribution >= 4 is 21.9 Å². The number of nitrogens with zero attached hydrogens (tertiary/aromatic N) is 4. The Morgan fingerprint density at radius 1 is 1.25 bits per heavy atom. The van der Waals surface area contributed by atoms with Gasteiger partial charge in [0.15, 0.2) is 27.6 Å². The molecular formula is C13H13F3N4O3S. The molecule has 0 radical (unpaired) electrons. The number of carbonyl (C=O) groups excluding carboxylic acids is 1. The molecule has 0 aliphatic rings. The molecule has 24 heavy (non-hydrogen) atoms. The Morgan fingerprint density at radius 3 is 2.25 bits per heavy atom. The second-order valence-corrected chi connectivity index (χ2v) is 7.15. The fraction of sp³-hybridized carbons (Fsp3) is 0.308. The lowest BCUT2D eigenvalue weighted by molar-refractivity contribution is -0.141. The van der Waals surface area contributed by atoms with E-state index < -0.39 is 27.3 Å². The summed E-state index contributed by atoms with van der Waals surface area (Å²) in [6, 6.07) is 2.41. The first-order valence-electron chi connectivity index (χ1n) is 6.46. The SMILES string of the molecule is CN(C)c1c(C=O)c(C(F)(F)F)nn1-c1ccc(S(C)(=O)=O)cn1. The number of anilines is 1. The molecule has 7 nitrogen and oxygen atoms in total. The van der Waals surface area contributed by atoms with E-state index in [0.29, 0.717) is 0 Å². The van der Waals surface area contributed by atoms with Crippen LogP contribution in [0.2, 0.25) is 0 Å².